The van der Waals surface area contributed by atoms with E-state index in [1.54, 1.807) is 21.0 Å². The lowest BCUT2D eigenvalue weighted by atomic mass is 9.88. The van der Waals surface area contributed by atoms with E-state index in [0.29, 0.717) is 43.1 Å². The van der Waals surface area contributed by atoms with Crippen LogP contribution in [0.2, 0.25) is 0 Å². The molecular formula is C31H42N2O6. The Morgan fingerprint density at radius 1 is 1.08 bits per heavy atom. The normalized spacial score (nSPS) is 22.9. The number of epoxide rings is 1. The summed E-state index contributed by atoms with van der Waals surface area (Å²) < 4.78 is 10.7. The van der Waals surface area contributed by atoms with E-state index in [0.717, 1.165) is 44.1 Å². The van der Waals surface area contributed by atoms with Crippen LogP contribution in [0.25, 0.3) is 0 Å². The third-order valence-corrected chi connectivity index (χ3v) is 8.40. The van der Waals surface area contributed by atoms with Crippen LogP contribution in [0, 0.1) is 11.8 Å². The number of carbonyl (C=O) groups is 4. The van der Waals surface area contributed by atoms with Crippen LogP contribution >= 0.6 is 0 Å². The minimum Gasteiger partial charge on any atom is -0.497 e. The van der Waals surface area contributed by atoms with Gasteiger partial charge in [-0.3, -0.25) is 19.2 Å². The molecule has 2 N–H and O–H groups in total. The van der Waals surface area contributed by atoms with Crippen molar-refractivity contribution in [1.82, 2.24) is 10.6 Å². The van der Waals surface area contributed by atoms with Gasteiger partial charge in [0.05, 0.1) is 25.8 Å². The van der Waals surface area contributed by atoms with Crippen molar-refractivity contribution in [3.8, 4) is 5.75 Å². The fraction of sp³-hybridized carbons (Fsp3) is 0.613. The number of ketones is 2. The summed E-state index contributed by atoms with van der Waals surface area (Å²) in [5.74, 6) is -0.449. The van der Waals surface area contributed by atoms with E-state index in [2.05, 4.69) is 10.6 Å². The van der Waals surface area contributed by atoms with Crippen molar-refractivity contribution in [3.63, 3.8) is 0 Å². The molecule has 1 aromatic carbocycles. The fourth-order valence-electron chi connectivity index (χ4n) is 5.69. The molecule has 39 heavy (non-hydrogen) atoms. The summed E-state index contributed by atoms with van der Waals surface area (Å²) in [5, 5.41) is 5.83. The van der Waals surface area contributed by atoms with Gasteiger partial charge in [0.15, 0.2) is 11.6 Å². The zero-order chi connectivity index (χ0) is 28.0. The number of ether oxygens (including phenoxy) is 2. The minimum atomic E-state index is -0.842. The summed E-state index contributed by atoms with van der Waals surface area (Å²) in [6, 6.07) is 6.03. The number of Topliss-reactive ketones (excluding diaryl/α,β-unsaturated/α-hetero) is 2. The predicted octanol–water partition coefficient (Wildman–Crippen LogP) is 3.85. The van der Waals surface area contributed by atoms with Crippen molar-refractivity contribution in [2.45, 2.75) is 95.7 Å². The molecule has 3 aliphatic rings. The Balaban J connectivity index is 1.47. The van der Waals surface area contributed by atoms with Gasteiger partial charge in [0.25, 0.3) is 0 Å². The van der Waals surface area contributed by atoms with Crippen LogP contribution in [0.4, 0.5) is 0 Å². The maximum atomic E-state index is 13.7. The second kappa shape index (κ2) is 12.9. The topological polar surface area (TPSA) is 114 Å². The van der Waals surface area contributed by atoms with Gasteiger partial charge in [-0.05, 0) is 69.6 Å². The van der Waals surface area contributed by atoms with Crippen LogP contribution in [0.5, 0.6) is 5.75 Å². The molecule has 2 fully saturated rings. The van der Waals surface area contributed by atoms with E-state index in [4.69, 9.17) is 9.47 Å². The number of amides is 2. The lowest BCUT2D eigenvalue weighted by Crippen LogP contribution is -2.49. The van der Waals surface area contributed by atoms with Crippen LogP contribution in [-0.2, 0) is 30.3 Å². The first-order valence-corrected chi connectivity index (χ1v) is 14.3. The summed E-state index contributed by atoms with van der Waals surface area (Å²) in [4.78, 5) is 52.8. The molecule has 212 valence electrons. The average Bonchev–Trinajstić information content (AvgIpc) is 3.32. The SMILES string of the molecule is COc1ccc(CC(CC(=O)C(C)NC(=O)C2=CCCC2)C(=O)NC(CC2CCCC2)C(=O)C2(C)CO2)cc1. The molecular weight excluding hydrogens is 496 g/mol. The van der Waals surface area contributed by atoms with Crippen molar-refractivity contribution in [2.24, 2.45) is 11.8 Å². The molecule has 4 unspecified atom stereocenters. The molecule has 2 amide bonds. The molecule has 8 heteroatoms. The van der Waals surface area contributed by atoms with Crippen LogP contribution in [0.1, 0.15) is 77.2 Å². The Bertz CT molecular complexity index is 1080. The van der Waals surface area contributed by atoms with Crippen LogP contribution in [-0.4, -0.2) is 54.8 Å². The number of carbonyl (C=O) groups excluding carboxylic acids is 4. The number of allylic oxidation sites excluding steroid dienone is 1. The predicted molar refractivity (Wildman–Crippen MR) is 147 cm³/mol. The maximum Gasteiger partial charge on any atom is 0.247 e. The Labute approximate surface area is 231 Å². The van der Waals surface area contributed by atoms with Crippen molar-refractivity contribution >= 4 is 23.4 Å². The maximum absolute atomic E-state index is 13.7. The first-order chi connectivity index (χ1) is 18.7. The molecule has 1 aromatic rings. The smallest absolute Gasteiger partial charge is 0.247 e. The molecule has 0 spiro atoms. The van der Waals surface area contributed by atoms with Crippen molar-refractivity contribution in [2.75, 3.05) is 13.7 Å². The first kappa shape index (κ1) is 29.0. The lowest BCUT2D eigenvalue weighted by Gasteiger charge is -2.26. The molecule has 2 aliphatic carbocycles. The monoisotopic (exact) mass is 538 g/mol. The van der Waals surface area contributed by atoms with E-state index in [1.807, 2.05) is 30.3 Å². The van der Waals surface area contributed by atoms with Gasteiger partial charge in [-0.25, -0.2) is 0 Å². The average molecular weight is 539 g/mol. The summed E-state index contributed by atoms with van der Waals surface area (Å²) in [6.07, 6.45) is 9.71. The van der Waals surface area contributed by atoms with Crippen LogP contribution in [0.15, 0.2) is 35.9 Å². The third kappa shape index (κ3) is 7.78. The van der Waals surface area contributed by atoms with Crippen molar-refractivity contribution in [1.29, 1.82) is 0 Å². The number of rotatable bonds is 14. The molecule has 0 radical (unpaired) electrons. The van der Waals surface area contributed by atoms with E-state index in [1.165, 1.54) is 0 Å². The zero-order valence-electron chi connectivity index (χ0n) is 23.4. The second-order valence-electron chi connectivity index (χ2n) is 11.6. The van der Waals surface area contributed by atoms with Gasteiger partial charge >= 0.3 is 0 Å². The Hall–Kier alpha value is -3.00. The van der Waals surface area contributed by atoms with Crippen molar-refractivity contribution < 1.29 is 28.7 Å². The second-order valence-corrected chi connectivity index (χ2v) is 11.6. The summed E-state index contributed by atoms with van der Waals surface area (Å²) in [5.41, 5.74) is 0.755. The Morgan fingerprint density at radius 2 is 1.77 bits per heavy atom. The largest absolute Gasteiger partial charge is 0.497 e. The first-order valence-electron chi connectivity index (χ1n) is 14.3. The molecule has 0 bridgehead atoms. The minimum absolute atomic E-state index is 0.0452. The standard InChI is InChI=1S/C31H42N2O6/c1-20(32-29(36)23-10-6-7-11-23)27(34)18-24(16-22-12-14-25(38-3)15-13-22)30(37)33-26(17-21-8-4-5-9-21)28(35)31(2)19-39-31/h10,12-15,20-21,24,26H,4-9,11,16-19H2,1-3H3,(H,32,36)(H,33,37). The number of nitrogens with one attached hydrogen (secondary N) is 2. The van der Waals surface area contributed by atoms with Crippen LogP contribution in [0.3, 0.4) is 0 Å². The number of benzene rings is 1. The summed E-state index contributed by atoms with van der Waals surface area (Å²) >= 11 is 0. The molecule has 0 aromatic heterocycles. The van der Waals surface area contributed by atoms with Gasteiger partial charge in [0, 0.05) is 17.9 Å². The zero-order valence-corrected chi connectivity index (χ0v) is 23.4. The highest BCUT2D eigenvalue weighted by Gasteiger charge is 2.50. The fourth-order valence-corrected chi connectivity index (χ4v) is 5.69. The van der Waals surface area contributed by atoms with E-state index in [-0.39, 0.29) is 29.8 Å². The molecule has 4 rings (SSSR count). The molecule has 1 saturated heterocycles. The molecule has 1 saturated carbocycles. The molecule has 1 heterocycles. The van der Waals surface area contributed by atoms with Gasteiger partial charge in [-0.1, -0.05) is 43.9 Å². The van der Waals surface area contributed by atoms with Crippen LogP contribution < -0.4 is 15.4 Å². The van der Waals surface area contributed by atoms with E-state index >= 15 is 0 Å². The Morgan fingerprint density at radius 3 is 2.36 bits per heavy atom. The highest BCUT2D eigenvalue weighted by Crippen LogP contribution is 2.34. The van der Waals surface area contributed by atoms with Crippen molar-refractivity contribution in [3.05, 3.63) is 41.5 Å². The molecule has 1 aliphatic heterocycles. The Kier molecular flexibility index (Phi) is 9.59. The van der Waals surface area contributed by atoms with Gasteiger partial charge in [0.1, 0.15) is 11.4 Å². The van der Waals surface area contributed by atoms with Gasteiger partial charge < -0.3 is 20.1 Å². The molecule has 4 atom stereocenters. The molecule has 8 nitrogen and oxygen atoms in total. The number of methoxy groups -OCH3 is 1. The highest BCUT2D eigenvalue weighted by molar-refractivity contribution is 5.99. The van der Waals surface area contributed by atoms with Gasteiger partial charge in [0.2, 0.25) is 11.8 Å². The van der Waals surface area contributed by atoms with Gasteiger partial charge in [-0.2, -0.15) is 0 Å². The van der Waals surface area contributed by atoms with E-state index in [9.17, 15) is 19.2 Å². The highest BCUT2D eigenvalue weighted by atomic mass is 16.6. The summed E-state index contributed by atoms with van der Waals surface area (Å²) in [6.45, 7) is 3.80. The number of hydrogen-bond donors (Lipinski definition) is 2. The van der Waals surface area contributed by atoms with E-state index < -0.39 is 23.6 Å². The summed E-state index contributed by atoms with van der Waals surface area (Å²) in [7, 11) is 1.59. The third-order valence-electron chi connectivity index (χ3n) is 8.40. The quantitative estimate of drug-likeness (QED) is 0.348. The lowest BCUT2D eigenvalue weighted by molar-refractivity contribution is -0.134. The van der Waals surface area contributed by atoms with Gasteiger partial charge in [-0.15, -0.1) is 0 Å². The number of hydrogen-bond acceptors (Lipinski definition) is 6.